The highest BCUT2D eigenvalue weighted by Gasteiger charge is 2.15. The number of benzene rings is 1. The summed E-state index contributed by atoms with van der Waals surface area (Å²) in [6.07, 6.45) is 0.281. The molecule has 1 aromatic carbocycles. The largest absolute Gasteiger partial charge is 0.492 e. The lowest BCUT2D eigenvalue weighted by Crippen LogP contribution is -2.34. The first-order valence-electron chi connectivity index (χ1n) is 6.05. The van der Waals surface area contributed by atoms with Gasteiger partial charge in [-0.25, -0.2) is 4.79 Å². The maximum Gasteiger partial charge on any atom is 0.407 e. The van der Waals surface area contributed by atoms with Crippen LogP contribution in [0.1, 0.15) is 31.1 Å². The average Bonchev–Trinajstić information content (AvgIpc) is 2.33. The fourth-order valence-corrected chi connectivity index (χ4v) is 1.31. The van der Waals surface area contributed by atoms with Gasteiger partial charge in [-0.1, -0.05) is 12.1 Å². The van der Waals surface area contributed by atoms with Crippen molar-refractivity contribution in [2.45, 2.75) is 26.4 Å². The smallest absolute Gasteiger partial charge is 0.407 e. The minimum Gasteiger partial charge on any atom is -0.492 e. The summed E-state index contributed by atoms with van der Waals surface area (Å²) in [5.41, 5.74) is 0.0427. The van der Waals surface area contributed by atoms with E-state index in [-0.39, 0.29) is 0 Å². The highest BCUT2D eigenvalue weighted by atomic mass is 16.6. The molecule has 0 heterocycles. The molecule has 19 heavy (non-hydrogen) atoms. The molecule has 0 aliphatic rings. The second-order valence-electron chi connectivity index (χ2n) is 4.97. The molecule has 0 atom stereocenters. The Morgan fingerprint density at radius 1 is 1.37 bits per heavy atom. The van der Waals surface area contributed by atoms with E-state index >= 15 is 0 Å². The SMILES string of the molecule is CC(C)(C)OC(=O)NCCOc1cccc(C=O)c1. The van der Waals surface area contributed by atoms with Gasteiger partial charge in [-0.3, -0.25) is 4.79 Å². The molecule has 1 rings (SSSR count). The second kappa shape index (κ2) is 6.78. The van der Waals surface area contributed by atoms with Crippen molar-refractivity contribution < 1.29 is 19.1 Å². The van der Waals surface area contributed by atoms with E-state index in [0.29, 0.717) is 24.5 Å². The van der Waals surface area contributed by atoms with Gasteiger partial charge in [0, 0.05) is 5.56 Å². The molecular weight excluding hydrogens is 246 g/mol. The van der Waals surface area contributed by atoms with Crippen LogP contribution in [-0.2, 0) is 4.74 Å². The lowest BCUT2D eigenvalue weighted by atomic mass is 10.2. The van der Waals surface area contributed by atoms with Gasteiger partial charge in [-0.15, -0.1) is 0 Å². The Bertz CT molecular complexity index is 437. The minimum absolute atomic E-state index is 0.307. The third-order valence-corrected chi connectivity index (χ3v) is 2.03. The van der Waals surface area contributed by atoms with E-state index in [1.807, 2.05) is 0 Å². The predicted molar refractivity (Wildman–Crippen MR) is 71.6 cm³/mol. The third-order valence-electron chi connectivity index (χ3n) is 2.03. The molecule has 5 nitrogen and oxygen atoms in total. The molecule has 1 aromatic rings. The summed E-state index contributed by atoms with van der Waals surface area (Å²) in [7, 11) is 0. The molecule has 5 heteroatoms. The van der Waals surface area contributed by atoms with Crippen LogP contribution in [-0.4, -0.2) is 31.1 Å². The van der Waals surface area contributed by atoms with E-state index in [2.05, 4.69) is 5.32 Å². The topological polar surface area (TPSA) is 64.6 Å². The van der Waals surface area contributed by atoms with Crippen LogP contribution in [0, 0.1) is 0 Å². The molecule has 0 aliphatic carbocycles. The summed E-state index contributed by atoms with van der Waals surface area (Å²) >= 11 is 0. The number of aldehydes is 1. The molecule has 0 unspecified atom stereocenters. The maximum atomic E-state index is 11.3. The van der Waals surface area contributed by atoms with Gasteiger partial charge in [-0.05, 0) is 32.9 Å². The van der Waals surface area contributed by atoms with Crippen molar-refractivity contribution in [2.24, 2.45) is 0 Å². The summed E-state index contributed by atoms with van der Waals surface area (Å²) in [5.74, 6) is 0.593. The van der Waals surface area contributed by atoms with Gasteiger partial charge < -0.3 is 14.8 Å². The number of nitrogens with one attached hydrogen (secondary N) is 1. The van der Waals surface area contributed by atoms with E-state index in [1.54, 1.807) is 45.0 Å². The van der Waals surface area contributed by atoms with Crippen LogP contribution in [0.3, 0.4) is 0 Å². The molecule has 0 radical (unpaired) electrons. The lowest BCUT2D eigenvalue weighted by molar-refractivity contribution is 0.0520. The molecule has 0 saturated carbocycles. The lowest BCUT2D eigenvalue weighted by Gasteiger charge is -2.19. The van der Waals surface area contributed by atoms with Crippen LogP contribution in [0.2, 0.25) is 0 Å². The fourth-order valence-electron chi connectivity index (χ4n) is 1.31. The molecule has 0 saturated heterocycles. The van der Waals surface area contributed by atoms with Crippen molar-refractivity contribution in [1.29, 1.82) is 0 Å². The molecule has 0 aromatic heterocycles. The number of carbonyl (C=O) groups is 2. The zero-order chi connectivity index (χ0) is 14.3. The Kier molecular flexibility index (Phi) is 5.36. The summed E-state index contributed by atoms with van der Waals surface area (Å²) in [4.78, 5) is 21.9. The van der Waals surface area contributed by atoms with Crippen molar-refractivity contribution in [3.8, 4) is 5.75 Å². The van der Waals surface area contributed by atoms with Crippen molar-refractivity contribution in [1.82, 2.24) is 5.32 Å². The first-order chi connectivity index (χ1) is 8.90. The average molecular weight is 265 g/mol. The number of alkyl carbamates (subject to hydrolysis) is 1. The van der Waals surface area contributed by atoms with Crippen LogP contribution in [0.5, 0.6) is 5.75 Å². The first-order valence-corrected chi connectivity index (χ1v) is 6.05. The van der Waals surface area contributed by atoms with Crippen molar-refractivity contribution in [3.63, 3.8) is 0 Å². The van der Waals surface area contributed by atoms with Gasteiger partial charge in [0.1, 0.15) is 24.2 Å². The molecule has 0 fully saturated rings. The molecule has 104 valence electrons. The number of rotatable bonds is 5. The quantitative estimate of drug-likeness (QED) is 0.656. The van der Waals surface area contributed by atoms with Gasteiger partial charge in [0.05, 0.1) is 6.54 Å². The summed E-state index contributed by atoms with van der Waals surface area (Å²) < 4.78 is 10.5. The Morgan fingerprint density at radius 3 is 2.74 bits per heavy atom. The molecule has 0 bridgehead atoms. The van der Waals surface area contributed by atoms with E-state index in [1.165, 1.54) is 0 Å². The number of ether oxygens (including phenoxy) is 2. The van der Waals surface area contributed by atoms with E-state index < -0.39 is 11.7 Å². The Labute approximate surface area is 112 Å². The van der Waals surface area contributed by atoms with Gasteiger partial charge in [0.15, 0.2) is 0 Å². The van der Waals surface area contributed by atoms with Gasteiger partial charge in [0.25, 0.3) is 0 Å². The third kappa shape index (κ3) is 6.45. The number of amides is 1. The zero-order valence-corrected chi connectivity index (χ0v) is 11.4. The van der Waals surface area contributed by atoms with Crippen LogP contribution in [0.4, 0.5) is 4.79 Å². The van der Waals surface area contributed by atoms with E-state index in [9.17, 15) is 9.59 Å². The summed E-state index contributed by atoms with van der Waals surface area (Å²) in [6, 6.07) is 6.82. The molecule has 1 N–H and O–H groups in total. The van der Waals surface area contributed by atoms with Crippen LogP contribution in [0.25, 0.3) is 0 Å². The van der Waals surface area contributed by atoms with Crippen molar-refractivity contribution in [3.05, 3.63) is 29.8 Å². The van der Waals surface area contributed by atoms with Gasteiger partial charge in [0.2, 0.25) is 0 Å². The normalized spacial score (nSPS) is 10.7. The highest BCUT2D eigenvalue weighted by molar-refractivity contribution is 5.75. The van der Waals surface area contributed by atoms with Crippen molar-refractivity contribution >= 4 is 12.4 Å². The minimum atomic E-state index is -0.511. The van der Waals surface area contributed by atoms with Crippen LogP contribution >= 0.6 is 0 Å². The van der Waals surface area contributed by atoms with Crippen LogP contribution < -0.4 is 10.1 Å². The zero-order valence-electron chi connectivity index (χ0n) is 11.4. The van der Waals surface area contributed by atoms with Gasteiger partial charge in [-0.2, -0.15) is 0 Å². The summed E-state index contributed by atoms with van der Waals surface area (Å²) in [6.45, 7) is 6.04. The molecule has 1 amide bonds. The second-order valence-corrected chi connectivity index (χ2v) is 4.97. The standard InChI is InChI=1S/C14H19NO4/c1-14(2,3)19-13(17)15-7-8-18-12-6-4-5-11(9-12)10-16/h4-6,9-10H,7-8H2,1-3H3,(H,15,17). The first kappa shape index (κ1) is 15.0. The Hall–Kier alpha value is -2.04. The molecule has 0 aliphatic heterocycles. The molecular formula is C14H19NO4. The van der Waals surface area contributed by atoms with Crippen molar-refractivity contribution in [2.75, 3.05) is 13.2 Å². The molecule has 0 spiro atoms. The number of hydrogen-bond acceptors (Lipinski definition) is 4. The summed E-state index contributed by atoms with van der Waals surface area (Å²) in [5, 5.41) is 2.58. The monoisotopic (exact) mass is 265 g/mol. The number of hydrogen-bond donors (Lipinski definition) is 1. The van der Waals surface area contributed by atoms with Gasteiger partial charge >= 0.3 is 6.09 Å². The number of carbonyl (C=O) groups excluding carboxylic acids is 2. The van der Waals surface area contributed by atoms with E-state index in [4.69, 9.17) is 9.47 Å². The maximum absolute atomic E-state index is 11.3. The predicted octanol–water partition coefficient (Wildman–Crippen LogP) is 2.40. The fraction of sp³-hybridized carbons (Fsp3) is 0.429. The van der Waals surface area contributed by atoms with E-state index in [0.717, 1.165) is 6.29 Å². The highest BCUT2D eigenvalue weighted by Crippen LogP contribution is 2.11. The Balaban J connectivity index is 2.27. The Morgan fingerprint density at radius 2 is 2.11 bits per heavy atom. The van der Waals surface area contributed by atoms with Crippen LogP contribution in [0.15, 0.2) is 24.3 Å².